The molecule has 0 amide bonds. The summed E-state index contributed by atoms with van der Waals surface area (Å²) in [6, 6.07) is 0. The number of piperidine rings is 1. The number of nitrogens with one attached hydrogen (secondary N) is 2. The van der Waals surface area contributed by atoms with Gasteiger partial charge in [-0.2, -0.15) is 0 Å². The van der Waals surface area contributed by atoms with E-state index >= 15 is 0 Å². The van der Waals surface area contributed by atoms with Gasteiger partial charge in [0.05, 0.1) is 12.2 Å². The fraction of sp³-hybridized carbons (Fsp3) is 0.714. The number of hydrogen-bond acceptors (Lipinski definition) is 5. The van der Waals surface area contributed by atoms with Gasteiger partial charge in [0.25, 0.3) is 0 Å². The number of nitrogens with zero attached hydrogens (tertiary/aromatic N) is 2. The van der Waals surface area contributed by atoms with Crippen LogP contribution in [0.2, 0.25) is 0 Å². The topological polar surface area (TPSA) is 59.1 Å². The Morgan fingerprint density at radius 2 is 2.32 bits per heavy atom. The summed E-state index contributed by atoms with van der Waals surface area (Å²) in [5, 5.41) is 6.91. The second-order valence-electron chi connectivity index (χ2n) is 5.53. The maximum Gasteiger partial charge on any atom is 0.221 e. The minimum absolute atomic E-state index is 0.293. The highest BCUT2D eigenvalue weighted by molar-refractivity contribution is 5.47. The van der Waals surface area contributed by atoms with Crippen LogP contribution in [0.15, 0.2) is 6.33 Å². The second kappa shape index (κ2) is 6.19. The Morgan fingerprint density at radius 3 is 3.00 bits per heavy atom. The van der Waals surface area contributed by atoms with E-state index < -0.39 is 0 Å². The van der Waals surface area contributed by atoms with Gasteiger partial charge in [0.1, 0.15) is 12.1 Å². The summed E-state index contributed by atoms with van der Waals surface area (Å²) in [5.74, 6) is 1.55. The first-order valence-corrected chi connectivity index (χ1v) is 7.03. The Hall–Kier alpha value is -1.36. The fourth-order valence-corrected chi connectivity index (χ4v) is 2.46. The molecule has 1 aromatic rings. The lowest BCUT2D eigenvalue weighted by molar-refractivity contribution is 0.253. The molecule has 106 valence electrons. The van der Waals surface area contributed by atoms with E-state index in [1.807, 2.05) is 13.8 Å². The second-order valence-corrected chi connectivity index (χ2v) is 5.53. The SMILES string of the molecule is CCOc1ncnc(NCC2(C)CCCNC2)c1C. The molecule has 0 aliphatic carbocycles. The van der Waals surface area contributed by atoms with E-state index in [1.54, 1.807) is 6.33 Å². The first-order chi connectivity index (χ1) is 9.14. The van der Waals surface area contributed by atoms with Gasteiger partial charge in [0.15, 0.2) is 0 Å². The average molecular weight is 264 g/mol. The lowest BCUT2D eigenvalue weighted by Gasteiger charge is -2.34. The van der Waals surface area contributed by atoms with E-state index in [0.717, 1.165) is 31.0 Å². The number of anilines is 1. The summed E-state index contributed by atoms with van der Waals surface area (Å²) in [7, 11) is 0. The summed E-state index contributed by atoms with van der Waals surface area (Å²) < 4.78 is 5.49. The molecule has 2 rings (SSSR count). The van der Waals surface area contributed by atoms with Crippen molar-refractivity contribution in [3.63, 3.8) is 0 Å². The minimum atomic E-state index is 0.293. The summed E-state index contributed by atoms with van der Waals surface area (Å²) in [6.07, 6.45) is 4.04. The highest BCUT2D eigenvalue weighted by Crippen LogP contribution is 2.27. The van der Waals surface area contributed by atoms with Crippen molar-refractivity contribution in [2.24, 2.45) is 5.41 Å². The largest absolute Gasteiger partial charge is 0.478 e. The average Bonchev–Trinajstić information content (AvgIpc) is 2.41. The molecular formula is C14H24N4O. The molecule has 0 bridgehead atoms. The summed E-state index contributed by atoms with van der Waals surface area (Å²) in [6.45, 7) is 10.0. The van der Waals surface area contributed by atoms with Crippen molar-refractivity contribution in [3.05, 3.63) is 11.9 Å². The van der Waals surface area contributed by atoms with Gasteiger partial charge in [-0.1, -0.05) is 6.92 Å². The molecule has 1 unspecified atom stereocenters. The molecule has 1 aliphatic rings. The van der Waals surface area contributed by atoms with Crippen LogP contribution in [0.5, 0.6) is 5.88 Å². The van der Waals surface area contributed by atoms with Crippen molar-refractivity contribution in [3.8, 4) is 5.88 Å². The predicted octanol–water partition coefficient (Wildman–Crippen LogP) is 1.99. The number of hydrogen-bond donors (Lipinski definition) is 2. The molecule has 0 saturated carbocycles. The monoisotopic (exact) mass is 264 g/mol. The van der Waals surface area contributed by atoms with Crippen LogP contribution in [0.4, 0.5) is 5.82 Å². The zero-order chi connectivity index (χ0) is 13.7. The van der Waals surface area contributed by atoms with Crippen molar-refractivity contribution >= 4 is 5.82 Å². The molecule has 0 aromatic carbocycles. The lowest BCUT2D eigenvalue weighted by atomic mass is 9.83. The van der Waals surface area contributed by atoms with Crippen LogP contribution in [-0.4, -0.2) is 36.2 Å². The molecule has 2 N–H and O–H groups in total. The highest BCUT2D eigenvalue weighted by atomic mass is 16.5. The Balaban J connectivity index is 2.00. The number of aromatic nitrogens is 2. The Morgan fingerprint density at radius 1 is 1.47 bits per heavy atom. The van der Waals surface area contributed by atoms with E-state index in [1.165, 1.54) is 12.8 Å². The third kappa shape index (κ3) is 3.56. The zero-order valence-electron chi connectivity index (χ0n) is 12.1. The minimum Gasteiger partial charge on any atom is -0.478 e. The molecule has 1 aliphatic heterocycles. The summed E-state index contributed by atoms with van der Waals surface area (Å²) in [5.41, 5.74) is 1.28. The number of rotatable bonds is 5. The molecule has 0 radical (unpaired) electrons. The quantitative estimate of drug-likeness (QED) is 0.851. The molecule has 1 aromatic heterocycles. The van der Waals surface area contributed by atoms with Crippen molar-refractivity contribution in [1.82, 2.24) is 15.3 Å². The van der Waals surface area contributed by atoms with Gasteiger partial charge >= 0.3 is 0 Å². The fourth-order valence-electron chi connectivity index (χ4n) is 2.46. The Bertz CT molecular complexity index is 416. The maximum atomic E-state index is 5.49. The third-order valence-electron chi connectivity index (χ3n) is 3.69. The number of ether oxygens (including phenoxy) is 1. The molecular weight excluding hydrogens is 240 g/mol. The Labute approximate surface area is 115 Å². The normalized spacial score (nSPS) is 23.1. The van der Waals surface area contributed by atoms with Gasteiger partial charge in [0.2, 0.25) is 5.88 Å². The zero-order valence-corrected chi connectivity index (χ0v) is 12.1. The maximum absolute atomic E-state index is 5.49. The van der Waals surface area contributed by atoms with Crippen LogP contribution in [0.25, 0.3) is 0 Å². The van der Waals surface area contributed by atoms with Crippen LogP contribution in [-0.2, 0) is 0 Å². The molecule has 1 atom stereocenters. The van der Waals surface area contributed by atoms with Crippen LogP contribution < -0.4 is 15.4 Å². The van der Waals surface area contributed by atoms with E-state index in [0.29, 0.717) is 17.9 Å². The van der Waals surface area contributed by atoms with Gasteiger partial charge in [0, 0.05) is 13.1 Å². The van der Waals surface area contributed by atoms with E-state index in [9.17, 15) is 0 Å². The predicted molar refractivity (Wildman–Crippen MR) is 76.6 cm³/mol. The van der Waals surface area contributed by atoms with Gasteiger partial charge in [-0.25, -0.2) is 9.97 Å². The molecule has 1 fully saturated rings. The van der Waals surface area contributed by atoms with Gasteiger partial charge in [-0.3, -0.25) is 0 Å². The standard InChI is InChI=1S/C14H24N4O/c1-4-19-13-11(2)12(17-10-18-13)16-9-14(3)6-5-7-15-8-14/h10,15H,4-9H2,1-3H3,(H,16,17,18). The van der Waals surface area contributed by atoms with Crippen molar-refractivity contribution in [2.45, 2.75) is 33.6 Å². The van der Waals surface area contributed by atoms with Gasteiger partial charge in [-0.15, -0.1) is 0 Å². The van der Waals surface area contributed by atoms with E-state index in [-0.39, 0.29) is 0 Å². The highest BCUT2D eigenvalue weighted by Gasteiger charge is 2.26. The van der Waals surface area contributed by atoms with Crippen molar-refractivity contribution in [1.29, 1.82) is 0 Å². The van der Waals surface area contributed by atoms with E-state index in [2.05, 4.69) is 27.5 Å². The first-order valence-electron chi connectivity index (χ1n) is 7.03. The smallest absolute Gasteiger partial charge is 0.221 e. The molecule has 0 spiro atoms. The molecule has 5 nitrogen and oxygen atoms in total. The van der Waals surface area contributed by atoms with Gasteiger partial charge in [-0.05, 0) is 38.6 Å². The van der Waals surface area contributed by atoms with Crippen LogP contribution in [0.3, 0.4) is 0 Å². The summed E-state index contributed by atoms with van der Waals surface area (Å²) in [4.78, 5) is 8.47. The first kappa shape index (κ1) is 14.1. The molecule has 19 heavy (non-hydrogen) atoms. The van der Waals surface area contributed by atoms with E-state index in [4.69, 9.17) is 4.74 Å². The van der Waals surface area contributed by atoms with Crippen LogP contribution >= 0.6 is 0 Å². The van der Waals surface area contributed by atoms with Crippen molar-refractivity contribution in [2.75, 3.05) is 31.6 Å². The third-order valence-corrected chi connectivity index (χ3v) is 3.69. The Kier molecular flexibility index (Phi) is 4.58. The molecule has 1 saturated heterocycles. The molecule has 2 heterocycles. The van der Waals surface area contributed by atoms with Crippen LogP contribution in [0.1, 0.15) is 32.3 Å². The lowest BCUT2D eigenvalue weighted by Crippen LogP contribution is -2.42. The molecule has 5 heteroatoms. The van der Waals surface area contributed by atoms with Gasteiger partial charge < -0.3 is 15.4 Å². The van der Waals surface area contributed by atoms with Crippen LogP contribution in [0, 0.1) is 12.3 Å². The van der Waals surface area contributed by atoms with Crippen molar-refractivity contribution < 1.29 is 4.74 Å². The summed E-state index contributed by atoms with van der Waals surface area (Å²) >= 11 is 0.